The third kappa shape index (κ3) is 4.50. The zero-order valence-electron chi connectivity index (χ0n) is 18.5. The van der Waals surface area contributed by atoms with Crippen LogP contribution >= 0.6 is 0 Å². The van der Waals surface area contributed by atoms with Gasteiger partial charge in [-0.25, -0.2) is 0 Å². The molecule has 0 saturated carbocycles. The number of nitrogens with zero attached hydrogens (tertiary/aromatic N) is 1. The molecule has 2 aromatic carbocycles. The molecule has 2 heterocycles. The Balaban J connectivity index is 1.66. The van der Waals surface area contributed by atoms with Crippen LogP contribution in [-0.2, 0) is 11.3 Å². The number of hydrogen-bond acceptors (Lipinski definition) is 6. The van der Waals surface area contributed by atoms with Crippen LogP contribution in [-0.4, -0.2) is 40.6 Å². The van der Waals surface area contributed by atoms with Gasteiger partial charge in [0.2, 0.25) is 5.91 Å². The number of anilines is 1. The molecular weight excluding hydrogens is 424 g/mol. The molecular formula is C25H26N2O6. The van der Waals surface area contributed by atoms with E-state index in [1.807, 2.05) is 6.92 Å². The van der Waals surface area contributed by atoms with Gasteiger partial charge in [-0.1, -0.05) is 19.1 Å². The SMILES string of the molecule is CCC(C)(C(=O)Nc1ccc2c(c1)OCCO2)N(Cc1ccco1)C(=O)c1ccccc1O. The quantitative estimate of drug-likeness (QED) is 0.559. The lowest BCUT2D eigenvalue weighted by Crippen LogP contribution is -2.56. The zero-order valence-corrected chi connectivity index (χ0v) is 18.5. The average Bonchev–Trinajstić information content (AvgIpc) is 3.35. The number of rotatable bonds is 7. The highest BCUT2D eigenvalue weighted by Crippen LogP contribution is 2.34. The highest BCUT2D eigenvalue weighted by Gasteiger charge is 2.42. The Labute approximate surface area is 191 Å². The summed E-state index contributed by atoms with van der Waals surface area (Å²) in [7, 11) is 0. The first-order valence-corrected chi connectivity index (χ1v) is 10.8. The molecule has 8 heteroatoms. The number of carbonyl (C=O) groups is 2. The van der Waals surface area contributed by atoms with Crippen LogP contribution in [0.1, 0.15) is 36.4 Å². The van der Waals surface area contributed by atoms with Gasteiger partial charge in [-0.15, -0.1) is 0 Å². The molecule has 1 aliphatic rings. The fourth-order valence-corrected chi connectivity index (χ4v) is 3.69. The minimum Gasteiger partial charge on any atom is -0.507 e. The van der Waals surface area contributed by atoms with Crippen molar-refractivity contribution in [3.63, 3.8) is 0 Å². The molecule has 8 nitrogen and oxygen atoms in total. The van der Waals surface area contributed by atoms with Gasteiger partial charge in [0.25, 0.3) is 5.91 Å². The second-order valence-corrected chi connectivity index (χ2v) is 7.93. The van der Waals surface area contributed by atoms with Gasteiger partial charge < -0.3 is 29.2 Å². The molecule has 1 atom stereocenters. The predicted octanol–water partition coefficient (Wildman–Crippen LogP) is 4.21. The van der Waals surface area contributed by atoms with Gasteiger partial charge in [0, 0.05) is 11.8 Å². The van der Waals surface area contributed by atoms with Gasteiger partial charge in [0.15, 0.2) is 11.5 Å². The third-order valence-corrected chi connectivity index (χ3v) is 5.85. The Hall–Kier alpha value is -3.94. The van der Waals surface area contributed by atoms with E-state index in [1.165, 1.54) is 23.3 Å². The molecule has 0 spiro atoms. The van der Waals surface area contributed by atoms with Crippen molar-refractivity contribution in [2.45, 2.75) is 32.4 Å². The summed E-state index contributed by atoms with van der Waals surface area (Å²) in [6, 6.07) is 14.9. The van der Waals surface area contributed by atoms with Gasteiger partial charge >= 0.3 is 0 Å². The van der Waals surface area contributed by atoms with Crippen molar-refractivity contribution >= 4 is 17.5 Å². The molecule has 172 valence electrons. The van der Waals surface area contributed by atoms with E-state index in [0.717, 1.165) is 0 Å². The molecule has 2 N–H and O–H groups in total. The number of benzene rings is 2. The number of amides is 2. The van der Waals surface area contributed by atoms with E-state index < -0.39 is 11.4 Å². The molecule has 1 aliphatic heterocycles. The van der Waals surface area contributed by atoms with Gasteiger partial charge in [0.05, 0.1) is 18.4 Å². The minimum atomic E-state index is -1.25. The Morgan fingerprint density at radius 2 is 1.82 bits per heavy atom. The number of phenolic OH excluding ortho intramolecular Hbond substituents is 1. The van der Waals surface area contributed by atoms with Crippen LogP contribution < -0.4 is 14.8 Å². The molecule has 0 fully saturated rings. The van der Waals surface area contributed by atoms with Crippen LogP contribution in [0.15, 0.2) is 65.3 Å². The van der Waals surface area contributed by atoms with Crippen molar-refractivity contribution in [2.24, 2.45) is 0 Å². The summed E-state index contributed by atoms with van der Waals surface area (Å²) in [6.07, 6.45) is 1.83. The smallest absolute Gasteiger partial charge is 0.258 e. The molecule has 0 radical (unpaired) electrons. The van der Waals surface area contributed by atoms with Crippen molar-refractivity contribution in [3.05, 3.63) is 72.2 Å². The number of hydrogen-bond donors (Lipinski definition) is 2. The first-order valence-electron chi connectivity index (χ1n) is 10.8. The van der Waals surface area contributed by atoms with E-state index in [4.69, 9.17) is 13.9 Å². The largest absolute Gasteiger partial charge is 0.507 e. The summed E-state index contributed by atoms with van der Waals surface area (Å²) in [5.74, 6) is 0.674. The highest BCUT2D eigenvalue weighted by molar-refractivity contribution is 6.04. The lowest BCUT2D eigenvalue weighted by Gasteiger charge is -2.39. The van der Waals surface area contributed by atoms with E-state index in [0.29, 0.717) is 42.6 Å². The summed E-state index contributed by atoms with van der Waals surface area (Å²) in [5.41, 5.74) is -0.618. The topological polar surface area (TPSA) is 101 Å². The summed E-state index contributed by atoms with van der Waals surface area (Å²) in [5, 5.41) is 13.2. The van der Waals surface area contributed by atoms with Crippen molar-refractivity contribution < 1.29 is 28.6 Å². The molecule has 4 rings (SSSR count). The fraction of sp³-hybridized carbons (Fsp3) is 0.280. The third-order valence-electron chi connectivity index (χ3n) is 5.85. The van der Waals surface area contributed by atoms with Crippen molar-refractivity contribution in [1.29, 1.82) is 0 Å². The summed E-state index contributed by atoms with van der Waals surface area (Å²) in [4.78, 5) is 28.5. The van der Waals surface area contributed by atoms with E-state index in [9.17, 15) is 14.7 Å². The summed E-state index contributed by atoms with van der Waals surface area (Å²) >= 11 is 0. The van der Waals surface area contributed by atoms with E-state index in [2.05, 4.69) is 5.32 Å². The standard InChI is InChI=1S/C25H26N2O6/c1-3-25(2,24(30)26-17-10-11-21-22(15-17)33-14-13-32-21)27(16-18-7-6-12-31-18)23(29)19-8-4-5-9-20(19)28/h4-12,15,28H,3,13-14,16H2,1-2H3,(H,26,30). The van der Waals surface area contributed by atoms with Gasteiger partial charge in [-0.05, 0) is 49.7 Å². The molecule has 1 aromatic heterocycles. The Morgan fingerprint density at radius 3 is 2.52 bits per heavy atom. The van der Waals surface area contributed by atoms with Gasteiger partial charge in [-0.2, -0.15) is 0 Å². The van der Waals surface area contributed by atoms with Crippen LogP contribution in [0.3, 0.4) is 0 Å². The maximum absolute atomic E-state index is 13.6. The minimum absolute atomic E-state index is 0.0546. The zero-order chi connectivity index (χ0) is 23.4. The molecule has 0 saturated heterocycles. The number of fused-ring (bicyclic) bond motifs is 1. The first-order chi connectivity index (χ1) is 15.9. The summed E-state index contributed by atoms with van der Waals surface area (Å²) in [6.45, 7) is 4.49. The fourth-order valence-electron chi connectivity index (χ4n) is 3.69. The van der Waals surface area contributed by atoms with Crippen molar-refractivity contribution in [2.75, 3.05) is 18.5 Å². The van der Waals surface area contributed by atoms with Crippen molar-refractivity contribution in [3.8, 4) is 17.2 Å². The number of aromatic hydroxyl groups is 1. The van der Waals surface area contributed by atoms with Crippen molar-refractivity contribution in [1.82, 2.24) is 4.90 Å². The van der Waals surface area contributed by atoms with E-state index >= 15 is 0 Å². The Morgan fingerprint density at radius 1 is 1.06 bits per heavy atom. The second-order valence-electron chi connectivity index (χ2n) is 7.93. The number of nitrogens with one attached hydrogen (secondary N) is 1. The lowest BCUT2D eigenvalue weighted by molar-refractivity contribution is -0.126. The molecule has 0 bridgehead atoms. The lowest BCUT2D eigenvalue weighted by atomic mass is 9.93. The average molecular weight is 450 g/mol. The number of carbonyl (C=O) groups excluding carboxylic acids is 2. The number of ether oxygens (including phenoxy) is 2. The Kier molecular flexibility index (Phi) is 6.26. The normalized spacial score (nSPS) is 14.2. The highest BCUT2D eigenvalue weighted by atomic mass is 16.6. The number of furan rings is 1. The van der Waals surface area contributed by atoms with Crippen LogP contribution in [0.5, 0.6) is 17.2 Å². The van der Waals surface area contributed by atoms with Crippen LogP contribution in [0.2, 0.25) is 0 Å². The number of phenols is 1. The van der Waals surface area contributed by atoms with Crippen LogP contribution in [0, 0.1) is 0 Å². The van der Waals surface area contributed by atoms with Gasteiger partial charge in [-0.3, -0.25) is 9.59 Å². The predicted molar refractivity (Wildman–Crippen MR) is 121 cm³/mol. The second kappa shape index (κ2) is 9.28. The maximum atomic E-state index is 13.6. The maximum Gasteiger partial charge on any atom is 0.258 e. The molecule has 1 unspecified atom stereocenters. The molecule has 0 aliphatic carbocycles. The first kappa shape index (κ1) is 22.3. The molecule has 3 aromatic rings. The Bertz CT molecular complexity index is 1140. The van der Waals surface area contributed by atoms with Crippen LogP contribution in [0.4, 0.5) is 5.69 Å². The van der Waals surface area contributed by atoms with Gasteiger partial charge in [0.1, 0.15) is 30.3 Å². The van der Waals surface area contributed by atoms with Crippen LogP contribution in [0.25, 0.3) is 0 Å². The van der Waals surface area contributed by atoms with E-state index in [-0.39, 0.29) is 23.8 Å². The monoisotopic (exact) mass is 450 g/mol. The summed E-state index contributed by atoms with van der Waals surface area (Å²) < 4.78 is 16.6. The number of para-hydroxylation sites is 1. The molecule has 33 heavy (non-hydrogen) atoms. The van der Waals surface area contributed by atoms with E-state index in [1.54, 1.807) is 49.4 Å². The molecule has 2 amide bonds.